The van der Waals surface area contributed by atoms with E-state index in [1.54, 1.807) is 6.20 Å². The van der Waals surface area contributed by atoms with Crippen molar-refractivity contribution in [3.63, 3.8) is 0 Å². The molecular weight excluding hydrogens is 394 g/mol. The van der Waals surface area contributed by atoms with E-state index in [4.69, 9.17) is 15.6 Å². The summed E-state index contributed by atoms with van der Waals surface area (Å²) >= 11 is 1.84. The van der Waals surface area contributed by atoms with Crippen LogP contribution in [0.3, 0.4) is 0 Å². The van der Waals surface area contributed by atoms with Crippen LogP contribution in [-0.2, 0) is 4.74 Å². The van der Waals surface area contributed by atoms with E-state index in [0.29, 0.717) is 5.92 Å². The van der Waals surface area contributed by atoms with Gasteiger partial charge in [-0.1, -0.05) is 13.8 Å². The Labute approximate surface area is 187 Å². The molecule has 0 aromatic rings. The summed E-state index contributed by atoms with van der Waals surface area (Å²) < 4.78 is 5.50. The van der Waals surface area contributed by atoms with E-state index in [0.717, 1.165) is 75.2 Å². The lowest BCUT2D eigenvalue weighted by Gasteiger charge is -2.34. The molecule has 0 bridgehead atoms. The molecule has 30 heavy (non-hydrogen) atoms. The van der Waals surface area contributed by atoms with Gasteiger partial charge < -0.3 is 15.8 Å². The molecule has 0 amide bonds. The molecule has 2 aliphatic rings. The molecule has 1 saturated heterocycles. The summed E-state index contributed by atoms with van der Waals surface area (Å²) in [5.74, 6) is 1.50. The standard InChI is InChI=1S/C23H41N5OS/c1-7-20(8-2)21-15-28(26-18(5)17(21)4)22(14-24)23(19(6)25-9-3)30-16-27-10-12-29-13-11-27/h14,20,25H,7-13,15-16,24H2,1-6H3/b22-14-,23-19-. The number of nitrogens with zero attached hydrogens (tertiary/aromatic N) is 3. The Morgan fingerprint density at radius 1 is 1.23 bits per heavy atom. The van der Waals surface area contributed by atoms with Crippen LogP contribution in [0.15, 0.2) is 38.7 Å². The van der Waals surface area contributed by atoms with E-state index < -0.39 is 0 Å². The highest BCUT2D eigenvalue weighted by Gasteiger charge is 2.26. The van der Waals surface area contributed by atoms with Crippen LogP contribution < -0.4 is 11.1 Å². The molecule has 170 valence electrons. The first-order valence-corrected chi connectivity index (χ1v) is 12.3. The van der Waals surface area contributed by atoms with Gasteiger partial charge in [-0.25, -0.2) is 0 Å². The highest BCUT2D eigenvalue weighted by atomic mass is 32.2. The summed E-state index contributed by atoms with van der Waals surface area (Å²) in [7, 11) is 0. The van der Waals surface area contributed by atoms with Crippen molar-refractivity contribution in [1.82, 2.24) is 15.2 Å². The molecule has 0 saturated carbocycles. The average Bonchev–Trinajstić information content (AvgIpc) is 2.75. The van der Waals surface area contributed by atoms with Gasteiger partial charge in [0.2, 0.25) is 0 Å². The van der Waals surface area contributed by atoms with Crippen molar-refractivity contribution in [3.8, 4) is 0 Å². The number of hydrogen-bond acceptors (Lipinski definition) is 7. The fourth-order valence-corrected chi connectivity index (χ4v) is 5.22. The Morgan fingerprint density at radius 2 is 1.90 bits per heavy atom. The highest BCUT2D eigenvalue weighted by Crippen LogP contribution is 2.34. The molecule has 2 rings (SSSR count). The Balaban J connectivity index is 2.29. The molecule has 0 spiro atoms. The van der Waals surface area contributed by atoms with Gasteiger partial charge in [0.15, 0.2) is 0 Å². The van der Waals surface area contributed by atoms with E-state index in [2.05, 4.69) is 56.8 Å². The van der Waals surface area contributed by atoms with Crippen LogP contribution in [0.25, 0.3) is 0 Å². The monoisotopic (exact) mass is 435 g/mol. The maximum Gasteiger partial charge on any atom is 0.0905 e. The second-order valence-corrected chi connectivity index (χ2v) is 8.90. The molecule has 6 nitrogen and oxygen atoms in total. The largest absolute Gasteiger partial charge is 0.403 e. The lowest BCUT2D eigenvalue weighted by Crippen LogP contribution is -2.36. The third-order valence-corrected chi connectivity index (χ3v) is 7.34. The van der Waals surface area contributed by atoms with Crippen LogP contribution >= 0.6 is 11.8 Å². The summed E-state index contributed by atoms with van der Waals surface area (Å²) in [4.78, 5) is 3.61. The van der Waals surface area contributed by atoms with Gasteiger partial charge in [-0.3, -0.25) is 9.91 Å². The first-order valence-electron chi connectivity index (χ1n) is 11.3. The minimum Gasteiger partial charge on any atom is -0.403 e. The Bertz CT molecular complexity index is 688. The van der Waals surface area contributed by atoms with Crippen LogP contribution in [0.2, 0.25) is 0 Å². The number of allylic oxidation sites excluding steroid dienone is 2. The summed E-state index contributed by atoms with van der Waals surface area (Å²) in [6.07, 6.45) is 4.03. The van der Waals surface area contributed by atoms with Crippen molar-refractivity contribution in [2.24, 2.45) is 16.8 Å². The Morgan fingerprint density at radius 3 is 2.47 bits per heavy atom. The lowest BCUT2D eigenvalue weighted by molar-refractivity contribution is 0.0474. The third kappa shape index (κ3) is 6.28. The zero-order chi connectivity index (χ0) is 22.1. The normalized spacial score (nSPS) is 19.9. The SMILES string of the molecule is CCN/C(C)=C(SCN1CCOCC1)/C(=C/N)N1CC(C(CC)CC)=C(C)C(C)=N1. The number of thioether (sulfide) groups is 1. The minimum absolute atomic E-state index is 0.584. The van der Waals surface area contributed by atoms with Crippen LogP contribution in [0, 0.1) is 5.92 Å². The molecule has 0 atom stereocenters. The first-order chi connectivity index (χ1) is 14.5. The van der Waals surface area contributed by atoms with Crippen molar-refractivity contribution in [2.45, 2.75) is 54.4 Å². The van der Waals surface area contributed by atoms with Crippen molar-refractivity contribution in [2.75, 3.05) is 45.3 Å². The molecule has 0 radical (unpaired) electrons. The molecule has 7 heteroatoms. The lowest BCUT2D eigenvalue weighted by atomic mass is 9.88. The minimum atomic E-state index is 0.584. The second-order valence-electron chi connectivity index (χ2n) is 7.95. The predicted octanol–water partition coefficient (Wildman–Crippen LogP) is 4.09. The fourth-order valence-electron chi connectivity index (χ4n) is 4.04. The van der Waals surface area contributed by atoms with Gasteiger partial charge in [0.05, 0.1) is 36.1 Å². The molecule has 1 fully saturated rings. The van der Waals surface area contributed by atoms with Gasteiger partial charge in [-0.15, -0.1) is 11.8 Å². The average molecular weight is 436 g/mol. The molecule has 0 aliphatic carbocycles. The Kier molecular flexibility index (Phi) is 10.3. The van der Waals surface area contributed by atoms with Crippen molar-refractivity contribution in [3.05, 3.63) is 33.6 Å². The third-order valence-electron chi connectivity index (χ3n) is 6.04. The summed E-state index contributed by atoms with van der Waals surface area (Å²) in [6, 6.07) is 0. The predicted molar refractivity (Wildman–Crippen MR) is 130 cm³/mol. The summed E-state index contributed by atoms with van der Waals surface area (Å²) in [5.41, 5.74) is 12.3. The van der Waals surface area contributed by atoms with E-state index in [1.165, 1.54) is 16.1 Å². The fraction of sp³-hybridized carbons (Fsp3) is 0.696. The molecule has 3 N–H and O–H groups in total. The number of nitrogens with one attached hydrogen (secondary N) is 1. The molecule has 2 heterocycles. The number of rotatable bonds is 10. The van der Waals surface area contributed by atoms with E-state index in [-0.39, 0.29) is 0 Å². The number of nitrogens with two attached hydrogens (primary N) is 1. The molecule has 2 aliphatic heterocycles. The smallest absolute Gasteiger partial charge is 0.0905 e. The maximum absolute atomic E-state index is 6.22. The number of morpholine rings is 1. The number of hydrazone groups is 1. The van der Waals surface area contributed by atoms with Gasteiger partial charge in [0, 0.05) is 37.4 Å². The zero-order valence-corrected chi connectivity index (χ0v) is 20.6. The summed E-state index contributed by atoms with van der Waals surface area (Å²) in [5, 5.41) is 10.5. The number of hydrogen-bond donors (Lipinski definition) is 2. The van der Waals surface area contributed by atoms with Crippen molar-refractivity contribution < 1.29 is 4.74 Å². The molecule has 0 aromatic carbocycles. The van der Waals surface area contributed by atoms with E-state index in [1.807, 2.05) is 11.8 Å². The van der Waals surface area contributed by atoms with Crippen LogP contribution in [0.5, 0.6) is 0 Å². The zero-order valence-electron chi connectivity index (χ0n) is 19.8. The maximum atomic E-state index is 6.22. The van der Waals surface area contributed by atoms with Crippen LogP contribution in [0.1, 0.15) is 54.4 Å². The van der Waals surface area contributed by atoms with Crippen LogP contribution in [-0.4, -0.2) is 60.9 Å². The van der Waals surface area contributed by atoms with E-state index >= 15 is 0 Å². The van der Waals surface area contributed by atoms with Crippen molar-refractivity contribution >= 4 is 17.5 Å². The summed E-state index contributed by atoms with van der Waals surface area (Å²) in [6.45, 7) is 18.4. The molecule has 0 aromatic heterocycles. The number of ether oxygens (including phenoxy) is 1. The molecule has 0 unspecified atom stereocenters. The van der Waals surface area contributed by atoms with Gasteiger partial charge in [-0.2, -0.15) is 5.10 Å². The quantitative estimate of drug-likeness (QED) is 0.504. The van der Waals surface area contributed by atoms with Crippen LogP contribution in [0.4, 0.5) is 0 Å². The van der Waals surface area contributed by atoms with Gasteiger partial charge in [0.25, 0.3) is 0 Å². The van der Waals surface area contributed by atoms with Gasteiger partial charge >= 0.3 is 0 Å². The van der Waals surface area contributed by atoms with E-state index in [9.17, 15) is 0 Å². The molecular formula is C23H41N5OS. The highest BCUT2D eigenvalue weighted by molar-refractivity contribution is 8.03. The Hall–Kier alpha value is -1.44. The first kappa shape index (κ1) is 24.8. The van der Waals surface area contributed by atoms with Gasteiger partial charge in [-0.05, 0) is 57.6 Å². The van der Waals surface area contributed by atoms with Gasteiger partial charge in [0.1, 0.15) is 0 Å². The second kappa shape index (κ2) is 12.4. The topological polar surface area (TPSA) is 66.1 Å². The van der Waals surface area contributed by atoms with Crippen molar-refractivity contribution in [1.29, 1.82) is 0 Å².